The highest BCUT2D eigenvalue weighted by atomic mass is 32.1. The smallest absolute Gasteiger partial charge is 0.0730 e. The summed E-state index contributed by atoms with van der Waals surface area (Å²) in [5.74, 6) is 0. The molecule has 11 aromatic carbocycles. The lowest BCUT2D eigenvalue weighted by Gasteiger charge is -2.17. The summed E-state index contributed by atoms with van der Waals surface area (Å²) in [4.78, 5) is 5.68. The van der Waals surface area contributed by atoms with E-state index < -0.39 is 0 Å². The lowest BCUT2D eigenvalue weighted by molar-refractivity contribution is 1.18. The Labute approximate surface area is 397 Å². The second-order valence-electron chi connectivity index (χ2n) is 17.8. The topological polar surface area (TPSA) is 17.8 Å². The van der Waals surface area contributed by atoms with Gasteiger partial charge in [0.1, 0.15) is 0 Å². The second-order valence-corrected chi connectivity index (χ2v) is 18.9. The molecule has 0 aliphatic rings. The SMILES string of the molecule is c1ccc(-c2cc(-c3cc(-c4ccc5c6ccccc6c6ccccc6c5c4)cc(-n4c5ccccc5c5ccc(-c6ccccc6)cc54)c3)nc(-c3cccc4c3sc3ccccc34)c2)cc1. The van der Waals surface area contributed by atoms with Gasteiger partial charge in [-0.3, -0.25) is 0 Å². The van der Waals surface area contributed by atoms with Crippen molar-refractivity contribution in [3.05, 3.63) is 243 Å². The van der Waals surface area contributed by atoms with E-state index in [9.17, 15) is 0 Å². The average molecular weight is 881 g/mol. The lowest BCUT2D eigenvalue weighted by Crippen LogP contribution is -1.98. The number of pyridine rings is 1. The Balaban J connectivity index is 1.06. The van der Waals surface area contributed by atoms with Crippen LogP contribution in [0.15, 0.2) is 243 Å². The van der Waals surface area contributed by atoms with E-state index >= 15 is 0 Å². The largest absolute Gasteiger partial charge is 0.309 e. The van der Waals surface area contributed by atoms with Gasteiger partial charge in [0.25, 0.3) is 0 Å². The van der Waals surface area contributed by atoms with Crippen molar-refractivity contribution < 1.29 is 0 Å². The highest BCUT2D eigenvalue weighted by molar-refractivity contribution is 7.26. The Morgan fingerprint density at radius 2 is 0.794 bits per heavy atom. The van der Waals surface area contributed by atoms with Crippen LogP contribution in [0.1, 0.15) is 0 Å². The third-order valence-electron chi connectivity index (χ3n) is 13.9. The normalized spacial score (nSPS) is 11.8. The first-order valence-corrected chi connectivity index (χ1v) is 24.1. The fourth-order valence-electron chi connectivity index (χ4n) is 10.8. The highest BCUT2D eigenvalue weighted by Crippen LogP contribution is 2.44. The predicted molar refractivity (Wildman–Crippen MR) is 291 cm³/mol. The van der Waals surface area contributed by atoms with Crippen LogP contribution in [-0.4, -0.2) is 9.55 Å². The first-order chi connectivity index (χ1) is 33.7. The Morgan fingerprint density at radius 3 is 1.53 bits per heavy atom. The molecule has 0 saturated carbocycles. The molecule has 3 heteroatoms. The Kier molecular flexibility index (Phi) is 8.80. The zero-order valence-electron chi connectivity index (χ0n) is 36.9. The van der Waals surface area contributed by atoms with Gasteiger partial charge in [-0.25, -0.2) is 4.98 Å². The van der Waals surface area contributed by atoms with Crippen molar-refractivity contribution in [1.82, 2.24) is 9.55 Å². The van der Waals surface area contributed by atoms with Crippen molar-refractivity contribution in [3.63, 3.8) is 0 Å². The molecule has 0 fully saturated rings. The Morgan fingerprint density at radius 1 is 0.279 bits per heavy atom. The maximum atomic E-state index is 5.68. The Bertz CT molecular complexity index is 4280. The van der Waals surface area contributed by atoms with Gasteiger partial charge in [-0.1, -0.05) is 188 Å². The maximum Gasteiger partial charge on any atom is 0.0730 e. The molecule has 0 N–H and O–H groups in total. The molecule has 0 aliphatic carbocycles. The highest BCUT2D eigenvalue weighted by Gasteiger charge is 2.19. The van der Waals surface area contributed by atoms with Crippen LogP contribution in [0.5, 0.6) is 0 Å². The van der Waals surface area contributed by atoms with E-state index in [2.05, 4.69) is 247 Å². The minimum atomic E-state index is 0.922. The van der Waals surface area contributed by atoms with Gasteiger partial charge in [0.2, 0.25) is 0 Å². The summed E-state index contributed by atoms with van der Waals surface area (Å²) in [6, 6.07) is 89.0. The number of hydrogen-bond acceptors (Lipinski definition) is 2. The predicted octanol–water partition coefficient (Wildman–Crippen LogP) is 18.3. The summed E-state index contributed by atoms with van der Waals surface area (Å²) in [6.07, 6.45) is 0. The minimum absolute atomic E-state index is 0.922. The van der Waals surface area contributed by atoms with Gasteiger partial charge in [0.05, 0.1) is 22.4 Å². The molecule has 0 spiro atoms. The summed E-state index contributed by atoms with van der Waals surface area (Å²) >= 11 is 1.85. The molecule has 0 unspecified atom stereocenters. The zero-order valence-corrected chi connectivity index (χ0v) is 37.7. The summed E-state index contributed by atoms with van der Waals surface area (Å²) < 4.78 is 5.00. The van der Waals surface area contributed by atoms with Crippen LogP contribution < -0.4 is 0 Å². The molecular formula is C65H40N2S. The van der Waals surface area contributed by atoms with Gasteiger partial charge in [-0.05, 0) is 120 Å². The van der Waals surface area contributed by atoms with E-state index in [0.717, 1.165) is 61.5 Å². The van der Waals surface area contributed by atoms with E-state index in [1.54, 1.807) is 0 Å². The number of benzene rings is 11. The molecule has 0 atom stereocenters. The number of fused-ring (bicyclic) bond motifs is 12. The van der Waals surface area contributed by atoms with E-state index in [4.69, 9.17) is 4.98 Å². The summed E-state index contributed by atoms with van der Waals surface area (Å²) in [7, 11) is 0. The van der Waals surface area contributed by atoms with Gasteiger partial charge in [0.15, 0.2) is 0 Å². The zero-order chi connectivity index (χ0) is 44.7. The number of hydrogen-bond donors (Lipinski definition) is 0. The van der Waals surface area contributed by atoms with Gasteiger partial charge in [-0.2, -0.15) is 0 Å². The summed E-state index contributed by atoms with van der Waals surface area (Å²) in [6.45, 7) is 0. The monoisotopic (exact) mass is 880 g/mol. The van der Waals surface area contributed by atoms with E-state index in [1.807, 2.05) is 11.3 Å². The molecule has 68 heavy (non-hydrogen) atoms. The van der Waals surface area contributed by atoms with Crippen LogP contribution in [-0.2, 0) is 0 Å². The second kappa shape index (κ2) is 15.5. The number of para-hydroxylation sites is 1. The molecule has 3 aromatic heterocycles. The van der Waals surface area contributed by atoms with Crippen molar-refractivity contribution in [2.24, 2.45) is 0 Å². The standard InChI is InChI=1S/C65H40N2S/c1-3-16-41(17-4-1)44-31-33-55-54-24-11-13-28-62(54)67(63(55)40-44)48-35-45(43-30-32-53-51-22-8-7-20-49(51)50-21-9-10-23-52(50)59(53)37-43)34-47(36-48)60-38-46(42-18-5-2-6-19-42)39-61(66-60)58-27-15-26-57-56-25-12-14-29-64(56)68-65(57)58/h1-40H. The average Bonchev–Trinajstić information content (AvgIpc) is 3.97. The van der Waals surface area contributed by atoms with E-state index in [1.165, 1.54) is 74.4 Å². The third kappa shape index (κ3) is 6.21. The molecular weight excluding hydrogens is 841 g/mol. The maximum absolute atomic E-state index is 5.68. The van der Waals surface area contributed by atoms with Gasteiger partial charge >= 0.3 is 0 Å². The van der Waals surface area contributed by atoms with Gasteiger partial charge in [-0.15, -0.1) is 11.3 Å². The fraction of sp³-hybridized carbons (Fsp3) is 0. The first-order valence-electron chi connectivity index (χ1n) is 23.3. The van der Waals surface area contributed by atoms with Gasteiger partial charge < -0.3 is 4.57 Å². The molecule has 0 amide bonds. The van der Waals surface area contributed by atoms with E-state index in [-0.39, 0.29) is 0 Å². The number of nitrogens with zero attached hydrogens (tertiary/aromatic N) is 2. The van der Waals surface area contributed by atoms with Gasteiger partial charge in [0, 0.05) is 47.8 Å². The quantitative estimate of drug-likeness (QED) is 0.152. The van der Waals surface area contributed by atoms with Crippen molar-refractivity contribution in [2.75, 3.05) is 0 Å². The van der Waals surface area contributed by atoms with Crippen LogP contribution in [0.3, 0.4) is 0 Å². The molecule has 0 radical (unpaired) electrons. The van der Waals surface area contributed by atoms with Crippen LogP contribution in [0.2, 0.25) is 0 Å². The first kappa shape index (κ1) is 38.6. The Hall–Kier alpha value is -8.63. The summed E-state index contributed by atoms with van der Waals surface area (Å²) in [5, 5.41) is 12.6. The summed E-state index contributed by atoms with van der Waals surface area (Å²) in [5.41, 5.74) is 14.4. The van der Waals surface area contributed by atoms with E-state index in [0.29, 0.717) is 0 Å². The lowest BCUT2D eigenvalue weighted by atomic mass is 9.91. The molecule has 3 heterocycles. The van der Waals surface area contributed by atoms with Crippen LogP contribution in [0.25, 0.3) is 136 Å². The van der Waals surface area contributed by atoms with Crippen LogP contribution >= 0.6 is 11.3 Å². The van der Waals surface area contributed by atoms with Crippen molar-refractivity contribution in [1.29, 1.82) is 0 Å². The molecule has 14 aromatic rings. The molecule has 2 nitrogen and oxygen atoms in total. The molecule has 0 bridgehead atoms. The third-order valence-corrected chi connectivity index (χ3v) is 15.2. The minimum Gasteiger partial charge on any atom is -0.309 e. The molecule has 14 rings (SSSR count). The van der Waals surface area contributed by atoms with Crippen LogP contribution in [0.4, 0.5) is 0 Å². The number of aromatic nitrogens is 2. The molecule has 0 aliphatic heterocycles. The number of thiophene rings is 1. The molecule has 0 saturated heterocycles. The van der Waals surface area contributed by atoms with Crippen molar-refractivity contribution in [3.8, 4) is 61.6 Å². The van der Waals surface area contributed by atoms with Crippen LogP contribution in [0, 0.1) is 0 Å². The van der Waals surface area contributed by atoms with Crippen molar-refractivity contribution >= 4 is 85.6 Å². The van der Waals surface area contributed by atoms with Crippen molar-refractivity contribution in [2.45, 2.75) is 0 Å². The number of rotatable bonds is 6. The fourth-order valence-corrected chi connectivity index (χ4v) is 12.0. The molecule has 316 valence electrons.